The van der Waals surface area contributed by atoms with Gasteiger partial charge in [-0.25, -0.2) is 0 Å². The van der Waals surface area contributed by atoms with Gasteiger partial charge in [0, 0.05) is 37.8 Å². The van der Waals surface area contributed by atoms with E-state index in [9.17, 15) is 9.59 Å². The molecule has 5 nitrogen and oxygen atoms in total. The van der Waals surface area contributed by atoms with Gasteiger partial charge in [-0.05, 0) is 55.2 Å². The van der Waals surface area contributed by atoms with E-state index in [1.807, 2.05) is 12.1 Å². The highest BCUT2D eigenvalue weighted by Gasteiger charge is 2.29. The molecule has 0 aromatic heterocycles. The number of nitrogens with one attached hydrogen (secondary N) is 2. The maximum Gasteiger partial charge on any atom is 0.227 e. The smallest absolute Gasteiger partial charge is 0.227 e. The van der Waals surface area contributed by atoms with Crippen LogP contribution >= 0.6 is 0 Å². The molecule has 150 valence electrons. The number of amides is 2. The third kappa shape index (κ3) is 6.65. The molecule has 1 aliphatic rings. The molecule has 0 heterocycles. The topological polar surface area (TPSA) is 67.4 Å². The molecule has 0 atom stereocenters. The molecule has 1 fully saturated rings. The lowest BCUT2D eigenvalue weighted by Gasteiger charge is -2.27. The lowest BCUT2D eigenvalue weighted by atomic mass is 9.81. The first-order chi connectivity index (χ1) is 12.8. The quantitative estimate of drug-likeness (QED) is 0.712. The fraction of sp³-hybridized carbons (Fsp3) is 0.636. The van der Waals surface area contributed by atoms with E-state index in [4.69, 9.17) is 4.74 Å². The second-order valence-electron chi connectivity index (χ2n) is 8.50. The van der Waals surface area contributed by atoms with Crippen molar-refractivity contribution in [1.29, 1.82) is 0 Å². The molecule has 1 aromatic rings. The van der Waals surface area contributed by atoms with Gasteiger partial charge in [-0.2, -0.15) is 0 Å². The molecule has 1 saturated carbocycles. The van der Waals surface area contributed by atoms with Crippen molar-refractivity contribution >= 4 is 17.5 Å². The Hall–Kier alpha value is -1.88. The zero-order chi connectivity index (χ0) is 19.9. The first kappa shape index (κ1) is 21.4. The van der Waals surface area contributed by atoms with Crippen LogP contribution in [0.5, 0.6) is 0 Å². The number of carbonyl (C=O) groups is 2. The zero-order valence-corrected chi connectivity index (χ0v) is 17.1. The van der Waals surface area contributed by atoms with Crippen LogP contribution in [0.2, 0.25) is 0 Å². The second-order valence-corrected chi connectivity index (χ2v) is 8.50. The molecule has 0 bridgehead atoms. The third-order valence-corrected chi connectivity index (χ3v) is 5.31. The van der Waals surface area contributed by atoms with Crippen LogP contribution in [-0.2, 0) is 19.7 Å². The molecule has 2 rings (SSSR count). The van der Waals surface area contributed by atoms with Crippen LogP contribution in [0, 0.1) is 11.8 Å². The van der Waals surface area contributed by atoms with E-state index >= 15 is 0 Å². The third-order valence-electron chi connectivity index (χ3n) is 5.31. The van der Waals surface area contributed by atoms with Gasteiger partial charge in [0.1, 0.15) is 0 Å². The Morgan fingerprint density at radius 2 is 1.56 bits per heavy atom. The van der Waals surface area contributed by atoms with E-state index < -0.39 is 0 Å². The molecule has 0 unspecified atom stereocenters. The van der Waals surface area contributed by atoms with E-state index in [0.717, 1.165) is 37.8 Å². The van der Waals surface area contributed by atoms with Crippen LogP contribution < -0.4 is 10.6 Å². The van der Waals surface area contributed by atoms with Gasteiger partial charge >= 0.3 is 0 Å². The highest BCUT2D eigenvalue weighted by Crippen LogP contribution is 2.30. The van der Waals surface area contributed by atoms with Crippen LogP contribution in [-0.4, -0.2) is 32.1 Å². The molecule has 2 amide bonds. The predicted octanol–water partition coefficient (Wildman–Crippen LogP) is 3.88. The van der Waals surface area contributed by atoms with Crippen molar-refractivity contribution in [3.05, 3.63) is 29.8 Å². The number of methoxy groups -OCH3 is 1. The maximum atomic E-state index is 12.5. The molecule has 0 saturated heterocycles. The molecule has 0 radical (unpaired) electrons. The van der Waals surface area contributed by atoms with E-state index in [2.05, 4.69) is 43.5 Å². The minimum atomic E-state index is -0.00941. The summed E-state index contributed by atoms with van der Waals surface area (Å²) in [6.07, 6.45) is 3.91. The van der Waals surface area contributed by atoms with Crippen LogP contribution in [0.15, 0.2) is 24.3 Å². The van der Waals surface area contributed by atoms with Crippen molar-refractivity contribution in [2.24, 2.45) is 11.8 Å². The number of hydrogen-bond donors (Lipinski definition) is 2. The maximum absolute atomic E-state index is 12.5. The van der Waals surface area contributed by atoms with Gasteiger partial charge in [0.05, 0.1) is 0 Å². The lowest BCUT2D eigenvalue weighted by Crippen LogP contribution is -2.36. The molecule has 0 aliphatic heterocycles. The van der Waals surface area contributed by atoms with E-state index in [1.165, 1.54) is 5.56 Å². The van der Waals surface area contributed by atoms with Crippen molar-refractivity contribution < 1.29 is 14.3 Å². The second kappa shape index (κ2) is 9.88. The number of benzene rings is 1. The number of rotatable bonds is 7. The van der Waals surface area contributed by atoms with Crippen molar-refractivity contribution in [1.82, 2.24) is 5.32 Å². The van der Waals surface area contributed by atoms with Crippen LogP contribution in [0.1, 0.15) is 58.4 Å². The number of hydrogen-bond acceptors (Lipinski definition) is 3. The first-order valence-corrected chi connectivity index (χ1v) is 9.99. The van der Waals surface area contributed by atoms with Gasteiger partial charge in [0.15, 0.2) is 0 Å². The minimum absolute atomic E-state index is 0.00941. The van der Waals surface area contributed by atoms with E-state index in [1.54, 1.807) is 7.11 Å². The van der Waals surface area contributed by atoms with E-state index in [-0.39, 0.29) is 29.1 Å². The van der Waals surface area contributed by atoms with Gasteiger partial charge in [-0.15, -0.1) is 0 Å². The zero-order valence-electron chi connectivity index (χ0n) is 17.1. The van der Waals surface area contributed by atoms with Crippen LogP contribution in [0.3, 0.4) is 0 Å². The molecule has 2 N–H and O–H groups in total. The van der Waals surface area contributed by atoms with Crippen molar-refractivity contribution in [3.8, 4) is 0 Å². The molecule has 5 heteroatoms. The van der Waals surface area contributed by atoms with Gasteiger partial charge in [0.25, 0.3) is 0 Å². The SMILES string of the molecule is COCCCNC(=O)C1CCC(C(=O)Nc2ccc(C(C)(C)C)cc2)CC1. The van der Waals surface area contributed by atoms with Crippen LogP contribution in [0.4, 0.5) is 5.69 Å². The summed E-state index contributed by atoms with van der Waals surface area (Å²) in [5.41, 5.74) is 2.19. The standard InChI is InChI=1S/C22H34N2O3/c1-22(2,3)18-10-12-19(13-11-18)24-21(26)17-8-6-16(7-9-17)20(25)23-14-5-15-27-4/h10-13,16-17H,5-9,14-15H2,1-4H3,(H,23,25)(H,24,26). The normalized spacial score (nSPS) is 20.1. The number of anilines is 1. The molecular formula is C22H34N2O3. The highest BCUT2D eigenvalue weighted by atomic mass is 16.5. The summed E-state index contributed by atoms with van der Waals surface area (Å²) in [6, 6.07) is 8.08. The Balaban J connectivity index is 1.77. The Morgan fingerprint density at radius 1 is 1.00 bits per heavy atom. The minimum Gasteiger partial charge on any atom is -0.385 e. The summed E-state index contributed by atoms with van der Waals surface area (Å²) in [5, 5.41) is 6.00. The Kier molecular flexibility index (Phi) is 7.84. The molecule has 1 aromatic carbocycles. The van der Waals surface area contributed by atoms with Gasteiger partial charge in [0.2, 0.25) is 11.8 Å². The lowest BCUT2D eigenvalue weighted by molar-refractivity contribution is -0.128. The number of carbonyl (C=O) groups excluding carboxylic acids is 2. The van der Waals surface area contributed by atoms with Crippen LogP contribution in [0.25, 0.3) is 0 Å². The highest BCUT2D eigenvalue weighted by molar-refractivity contribution is 5.92. The average molecular weight is 375 g/mol. The van der Waals surface area contributed by atoms with Crippen molar-refractivity contribution in [2.45, 2.75) is 58.3 Å². The summed E-state index contributed by atoms with van der Waals surface area (Å²) < 4.78 is 4.99. The summed E-state index contributed by atoms with van der Waals surface area (Å²) in [5.74, 6) is 0.202. The molecule has 27 heavy (non-hydrogen) atoms. The largest absolute Gasteiger partial charge is 0.385 e. The summed E-state index contributed by atoms with van der Waals surface area (Å²) >= 11 is 0. The summed E-state index contributed by atoms with van der Waals surface area (Å²) in [7, 11) is 1.66. The van der Waals surface area contributed by atoms with Crippen molar-refractivity contribution in [2.75, 3.05) is 25.6 Å². The fourth-order valence-corrected chi connectivity index (χ4v) is 3.49. The monoisotopic (exact) mass is 374 g/mol. The van der Waals surface area contributed by atoms with Crippen molar-refractivity contribution in [3.63, 3.8) is 0 Å². The fourth-order valence-electron chi connectivity index (χ4n) is 3.49. The summed E-state index contributed by atoms with van der Waals surface area (Å²) in [6.45, 7) is 7.83. The Morgan fingerprint density at radius 3 is 2.07 bits per heavy atom. The Labute approximate surface area is 163 Å². The van der Waals surface area contributed by atoms with Gasteiger partial charge < -0.3 is 15.4 Å². The average Bonchev–Trinajstić information content (AvgIpc) is 2.65. The Bertz CT molecular complexity index is 611. The number of ether oxygens (including phenoxy) is 1. The predicted molar refractivity (Wildman–Crippen MR) is 109 cm³/mol. The molecule has 0 spiro atoms. The van der Waals surface area contributed by atoms with Gasteiger partial charge in [-0.1, -0.05) is 32.9 Å². The first-order valence-electron chi connectivity index (χ1n) is 9.99. The van der Waals surface area contributed by atoms with Gasteiger partial charge in [-0.3, -0.25) is 9.59 Å². The molecule has 1 aliphatic carbocycles. The summed E-state index contributed by atoms with van der Waals surface area (Å²) in [4.78, 5) is 24.7. The van der Waals surface area contributed by atoms with E-state index in [0.29, 0.717) is 13.2 Å². The molecular weight excluding hydrogens is 340 g/mol.